The first kappa shape index (κ1) is 22.3. The maximum Gasteiger partial charge on any atom is 0.347 e. The zero-order chi connectivity index (χ0) is 21.8. The van der Waals surface area contributed by atoms with Crippen LogP contribution in [-0.2, 0) is 19.1 Å². The number of ether oxygens (including phenoxy) is 2. The van der Waals surface area contributed by atoms with Gasteiger partial charge in [0, 0.05) is 32.9 Å². The summed E-state index contributed by atoms with van der Waals surface area (Å²) in [5, 5.41) is 6.41. The number of allylic oxidation sites excluding steroid dienone is 1. The van der Waals surface area contributed by atoms with Gasteiger partial charge < -0.3 is 14.8 Å². The summed E-state index contributed by atoms with van der Waals surface area (Å²) in [7, 11) is 0. The van der Waals surface area contributed by atoms with E-state index in [4.69, 9.17) is 32.7 Å². The third-order valence-electron chi connectivity index (χ3n) is 4.26. The summed E-state index contributed by atoms with van der Waals surface area (Å²) in [6, 6.07) is 4.19. The Hall–Kier alpha value is -2.42. The van der Waals surface area contributed by atoms with Crippen molar-refractivity contribution in [3.05, 3.63) is 61.7 Å². The fourth-order valence-corrected chi connectivity index (χ4v) is 3.97. The van der Waals surface area contributed by atoms with Gasteiger partial charge in [0.2, 0.25) is 0 Å². The fourth-order valence-electron chi connectivity index (χ4n) is 2.87. The van der Waals surface area contributed by atoms with E-state index in [1.165, 1.54) is 18.3 Å². The quantitative estimate of drug-likeness (QED) is 0.636. The van der Waals surface area contributed by atoms with E-state index in [0.29, 0.717) is 32.1 Å². The summed E-state index contributed by atoms with van der Waals surface area (Å²) >= 11 is 13.9. The van der Waals surface area contributed by atoms with Gasteiger partial charge in [0.25, 0.3) is 0 Å². The van der Waals surface area contributed by atoms with Gasteiger partial charge in [0.15, 0.2) is 16.9 Å². The predicted octanol–water partition coefficient (Wildman–Crippen LogP) is 4.31. The smallest absolute Gasteiger partial charge is 0.347 e. The number of esters is 2. The van der Waals surface area contributed by atoms with E-state index in [1.54, 1.807) is 38.2 Å². The molecule has 1 aromatic carbocycles. The molecule has 7 nitrogen and oxygen atoms in total. The molecule has 1 N–H and O–H groups in total. The molecule has 1 unspecified atom stereocenters. The summed E-state index contributed by atoms with van der Waals surface area (Å²) in [4.78, 5) is 33.8. The van der Waals surface area contributed by atoms with E-state index in [-0.39, 0.29) is 12.2 Å². The number of hydrogen-bond acceptors (Lipinski definition) is 8. The van der Waals surface area contributed by atoms with Crippen LogP contribution in [0.25, 0.3) is 0 Å². The van der Waals surface area contributed by atoms with E-state index in [2.05, 4.69) is 15.3 Å². The maximum absolute atomic E-state index is 13.0. The van der Waals surface area contributed by atoms with Crippen LogP contribution >= 0.6 is 34.5 Å². The van der Waals surface area contributed by atoms with Gasteiger partial charge in [-0.2, -0.15) is 0 Å². The highest BCUT2D eigenvalue weighted by molar-refractivity contribution is 7.11. The Balaban J connectivity index is 2.00. The number of carbonyl (C=O) groups excluding carboxylic acids is 2. The molecule has 1 aliphatic rings. The first-order chi connectivity index (χ1) is 14.3. The number of aromatic nitrogens is 1. The first-order valence-corrected chi connectivity index (χ1v) is 10.7. The van der Waals surface area contributed by atoms with Crippen molar-refractivity contribution in [3.8, 4) is 0 Å². The Kier molecular flexibility index (Phi) is 7.12. The van der Waals surface area contributed by atoms with Crippen molar-refractivity contribution in [2.24, 2.45) is 4.99 Å². The normalized spacial score (nSPS) is 17.1. The van der Waals surface area contributed by atoms with Crippen molar-refractivity contribution < 1.29 is 19.1 Å². The van der Waals surface area contributed by atoms with Crippen molar-refractivity contribution in [1.29, 1.82) is 0 Å². The molecule has 0 saturated carbocycles. The molecule has 2 atom stereocenters. The van der Waals surface area contributed by atoms with Crippen LogP contribution in [0.3, 0.4) is 0 Å². The van der Waals surface area contributed by atoms with Crippen LogP contribution < -0.4 is 5.32 Å². The minimum atomic E-state index is -1.07. The minimum absolute atomic E-state index is 0.189. The van der Waals surface area contributed by atoms with Gasteiger partial charge in [0.1, 0.15) is 6.04 Å². The lowest BCUT2D eigenvalue weighted by Gasteiger charge is -2.26. The third kappa shape index (κ3) is 4.83. The topological polar surface area (TPSA) is 89.9 Å². The van der Waals surface area contributed by atoms with Gasteiger partial charge in [-0.15, -0.1) is 11.3 Å². The Morgan fingerprint density at radius 3 is 2.73 bits per heavy atom. The number of nitrogens with zero attached hydrogens (tertiary/aromatic N) is 2. The van der Waals surface area contributed by atoms with Crippen molar-refractivity contribution in [3.63, 3.8) is 0 Å². The Labute approximate surface area is 187 Å². The van der Waals surface area contributed by atoms with E-state index in [1.807, 2.05) is 5.38 Å². The van der Waals surface area contributed by atoms with Gasteiger partial charge in [-0.1, -0.05) is 29.3 Å². The van der Waals surface area contributed by atoms with Crippen LogP contribution in [-0.4, -0.2) is 35.5 Å². The van der Waals surface area contributed by atoms with E-state index >= 15 is 0 Å². The highest BCUT2D eigenvalue weighted by Crippen LogP contribution is 2.37. The predicted molar refractivity (Wildman–Crippen MR) is 116 cm³/mol. The van der Waals surface area contributed by atoms with E-state index in [0.717, 1.165) is 0 Å². The van der Waals surface area contributed by atoms with Crippen LogP contribution in [0.1, 0.15) is 37.4 Å². The number of nitrogens with one attached hydrogen (secondary N) is 1. The Morgan fingerprint density at radius 2 is 2.10 bits per heavy atom. The van der Waals surface area contributed by atoms with Crippen LogP contribution in [0.15, 0.2) is 46.0 Å². The standard InChI is InChI=1S/C20H19Cl2N3O4S/c1-4-28-19(26)11(3)29-20(27)15-10(2)24-17(18-23-7-8-30-18)25-16(15)13-6-5-12(21)9-14(13)22/h5-9,11,16H,4H2,1-3H3,(H,24,25)/t11?,16-/m0/s1. The van der Waals surface area contributed by atoms with Gasteiger partial charge in [0.05, 0.1) is 12.2 Å². The Bertz CT molecular complexity index is 1020. The number of carbonyl (C=O) groups is 2. The molecule has 30 heavy (non-hydrogen) atoms. The average molecular weight is 468 g/mol. The molecule has 10 heteroatoms. The lowest BCUT2D eigenvalue weighted by atomic mass is 9.96. The molecule has 0 saturated heterocycles. The summed E-state index contributed by atoms with van der Waals surface area (Å²) < 4.78 is 10.3. The average Bonchev–Trinajstić information content (AvgIpc) is 3.22. The molecule has 158 valence electrons. The van der Waals surface area contributed by atoms with E-state index < -0.39 is 24.1 Å². The summed E-state index contributed by atoms with van der Waals surface area (Å²) in [5.74, 6) is -0.812. The number of amidine groups is 1. The molecular weight excluding hydrogens is 449 g/mol. The molecule has 2 heterocycles. The van der Waals surface area contributed by atoms with Crippen molar-refractivity contribution in [2.75, 3.05) is 6.61 Å². The monoisotopic (exact) mass is 467 g/mol. The molecule has 0 radical (unpaired) electrons. The van der Waals surface area contributed by atoms with Gasteiger partial charge >= 0.3 is 11.9 Å². The molecule has 1 aromatic heterocycles. The molecule has 1 aliphatic heterocycles. The summed E-state index contributed by atoms with van der Waals surface area (Å²) in [5.41, 5.74) is 1.33. The van der Waals surface area contributed by atoms with Crippen molar-refractivity contribution in [2.45, 2.75) is 32.9 Å². The summed E-state index contributed by atoms with van der Waals surface area (Å²) in [6.07, 6.45) is 0.599. The zero-order valence-electron chi connectivity index (χ0n) is 16.4. The molecular formula is C20H19Cl2N3O4S. The second kappa shape index (κ2) is 9.59. The highest BCUT2D eigenvalue weighted by Gasteiger charge is 2.34. The van der Waals surface area contributed by atoms with Crippen LogP contribution in [0.2, 0.25) is 10.0 Å². The SMILES string of the molecule is CCOC(=O)C(C)OC(=O)C1=C(C)NC(c2nccs2)=N[C@H]1c1ccc(Cl)cc1Cl. The highest BCUT2D eigenvalue weighted by atomic mass is 35.5. The third-order valence-corrected chi connectivity index (χ3v) is 5.60. The molecule has 0 spiro atoms. The number of halogens is 2. The number of aliphatic imine (C=N–C) groups is 1. The number of benzene rings is 1. The lowest BCUT2D eigenvalue weighted by molar-refractivity contribution is -0.164. The van der Waals surface area contributed by atoms with Crippen molar-refractivity contribution in [1.82, 2.24) is 10.3 Å². The zero-order valence-corrected chi connectivity index (χ0v) is 18.8. The first-order valence-electron chi connectivity index (χ1n) is 9.09. The minimum Gasteiger partial charge on any atom is -0.463 e. The van der Waals surface area contributed by atoms with Crippen LogP contribution in [0.5, 0.6) is 0 Å². The Morgan fingerprint density at radius 1 is 1.33 bits per heavy atom. The lowest BCUT2D eigenvalue weighted by Crippen LogP contribution is -2.35. The largest absolute Gasteiger partial charge is 0.463 e. The molecule has 2 aromatic rings. The van der Waals surface area contributed by atoms with E-state index in [9.17, 15) is 9.59 Å². The second-order valence-electron chi connectivity index (χ2n) is 6.35. The maximum atomic E-state index is 13.0. The van der Waals surface area contributed by atoms with Crippen LogP contribution in [0, 0.1) is 0 Å². The van der Waals surface area contributed by atoms with Gasteiger partial charge in [-0.05, 0) is 32.9 Å². The molecule has 0 aliphatic carbocycles. The van der Waals surface area contributed by atoms with Gasteiger partial charge in [-0.25, -0.2) is 14.6 Å². The number of thiazole rings is 1. The van der Waals surface area contributed by atoms with Crippen LogP contribution in [0.4, 0.5) is 0 Å². The summed E-state index contributed by atoms with van der Waals surface area (Å²) in [6.45, 7) is 5.05. The molecule has 3 rings (SSSR count). The molecule has 0 bridgehead atoms. The van der Waals surface area contributed by atoms with Crippen molar-refractivity contribution >= 4 is 52.3 Å². The molecule has 0 amide bonds. The second-order valence-corrected chi connectivity index (χ2v) is 8.08. The number of hydrogen-bond donors (Lipinski definition) is 1. The fraction of sp³-hybridized carbons (Fsp3) is 0.300. The number of rotatable bonds is 6. The van der Waals surface area contributed by atoms with Gasteiger partial charge in [-0.3, -0.25) is 4.99 Å². The molecule has 0 fully saturated rings.